The zero-order valence-electron chi connectivity index (χ0n) is 14.0. The standard InChI is InChI=1S/C17H22F2N4O/c1-21-16(24)11-23-5-3-12(4-6-23)10-22(2)17-14(18)7-13(9-20)8-15(17)19/h7-8,12H,3-6,10-11H2,1-2H3,(H,21,24). The van der Waals surface area contributed by atoms with Crippen LogP contribution in [-0.2, 0) is 4.79 Å². The molecule has 1 amide bonds. The van der Waals surface area contributed by atoms with E-state index in [1.165, 1.54) is 0 Å². The van der Waals surface area contributed by atoms with Gasteiger partial charge in [-0.15, -0.1) is 0 Å². The van der Waals surface area contributed by atoms with E-state index in [2.05, 4.69) is 10.2 Å². The number of benzene rings is 1. The summed E-state index contributed by atoms with van der Waals surface area (Å²) in [5.74, 6) is -1.13. The van der Waals surface area contributed by atoms with Gasteiger partial charge in [-0.2, -0.15) is 5.26 Å². The second kappa shape index (κ2) is 8.06. The van der Waals surface area contributed by atoms with Gasteiger partial charge in [-0.05, 0) is 44.0 Å². The average molecular weight is 336 g/mol. The summed E-state index contributed by atoms with van der Waals surface area (Å²) in [6.45, 7) is 2.51. The molecule has 5 nitrogen and oxygen atoms in total. The Morgan fingerprint density at radius 2 is 1.96 bits per heavy atom. The zero-order chi connectivity index (χ0) is 17.7. The lowest BCUT2D eigenvalue weighted by molar-refractivity contribution is -0.122. The molecule has 2 rings (SSSR count). The third-order valence-corrected chi connectivity index (χ3v) is 4.41. The van der Waals surface area contributed by atoms with Crippen LogP contribution in [0, 0.1) is 28.9 Å². The van der Waals surface area contributed by atoms with E-state index < -0.39 is 11.6 Å². The van der Waals surface area contributed by atoms with Gasteiger partial charge in [-0.3, -0.25) is 9.69 Å². The molecule has 1 aliphatic heterocycles. The van der Waals surface area contributed by atoms with Crippen LogP contribution < -0.4 is 10.2 Å². The minimum Gasteiger partial charge on any atom is -0.370 e. The van der Waals surface area contributed by atoms with Crippen molar-refractivity contribution in [3.63, 3.8) is 0 Å². The van der Waals surface area contributed by atoms with Crippen molar-refractivity contribution >= 4 is 11.6 Å². The van der Waals surface area contributed by atoms with Crippen LogP contribution in [0.15, 0.2) is 12.1 Å². The number of nitrogens with zero attached hydrogens (tertiary/aromatic N) is 3. The van der Waals surface area contributed by atoms with Crippen LogP contribution in [0.2, 0.25) is 0 Å². The number of carbonyl (C=O) groups is 1. The van der Waals surface area contributed by atoms with E-state index in [-0.39, 0.29) is 17.2 Å². The quantitative estimate of drug-likeness (QED) is 0.890. The van der Waals surface area contributed by atoms with Gasteiger partial charge in [0.05, 0.1) is 18.2 Å². The van der Waals surface area contributed by atoms with Crippen LogP contribution in [0.5, 0.6) is 0 Å². The lowest BCUT2D eigenvalue weighted by Crippen LogP contribution is -2.42. The molecule has 1 saturated heterocycles. The highest BCUT2D eigenvalue weighted by Gasteiger charge is 2.23. The van der Waals surface area contributed by atoms with E-state index in [1.807, 2.05) is 0 Å². The summed E-state index contributed by atoms with van der Waals surface area (Å²) in [7, 11) is 3.27. The van der Waals surface area contributed by atoms with Gasteiger partial charge in [-0.25, -0.2) is 8.78 Å². The Morgan fingerprint density at radius 1 is 1.38 bits per heavy atom. The van der Waals surface area contributed by atoms with Gasteiger partial charge in [0.2, 0.25) is 5.91 Å². The Morgan fingerprint density at radius 3 is 2.46 bits per heavy atom. The maximum absolute atomic E-state index is 14.1. The molecule has 0 aromatic heterocycles. The van der Waals surface area contributed by atoms with E-state index in [1.54, 1.807) is 25.1 Å². The molecule has 0 aliphatic carbocycles. The molecule has 0 unspecified atom stereocenters. The number of anilines is 1. The topological polar surface area (TPSA) is 59.4 Å². The Bertz CT molecular complexity index is 613. The lowest BCUT2D eigenvalue weighted by Gasteiger charge is -2.34. The Labute approximate surface area is 140 Å². The minimum atomic E-state index is -0.717. The highest BCUT2D eigenvalue weighted by atomic mass is 19.1. The smallest absolute Gasteiger partial charge is 0.233 e. The Kier molecular flexibility index (Phi) is 6.10. The maximum atomic E-state index is 14.1. The van der Waals surface area contributed by atoms with Crippen molar-refractivity contribution in [1.82, 2.24) is 10.2 Å². The van der Waals surface area contributed by atoms with E-state index in [0.29, 0.717) is 19.0 Å². The molecule has 1 fully saturated rings. The SMILES string of the molecule is CNC(=O)CN1CCC(CN(C)c2c(F)cc(C#N)cc2F)CC1. The average Bonchev–Trinajstić information content (AvgIpc) is 2.55. The fourth-order valence-electron chi connectivity index (χ4n) is 3.08. The number of carbonyl (C=O) groups excluding carboxylic acids is 1. The fraction of sp³-hybridized carbons (Fsp3) is 0.529. The molecule has 0 spiro atoms. The van der Waals surface area contributed by atoms with Gasteiger partial charge in [0.25, 0.3) is 0 Å². The number of nitrogens with one attached hydrogen (secondary N) is 1. The van der Waals surface area contributed by atoms with Crippen LogP contribution in [0.25, 0.3) is 0 Å². The van der Waals surface area contributed by atoms with Gasteiger partial charge >= 0.3 is 0 Å². The molecule has 24 heavy (non-hydrogen) atoms. The largest absolute Gasteiger partial charge is 0.370 e. The predicted octanol–water partition coefficient (Wildman–Crippen LogP) is 1.73. The first kappa shape index (κ1) is 18.1. The molecule has 1 aromatic rings. The summed E-state index contributed by atoms with van der Waals surface area (Å²) < 4.78 is 28.1. The highest BCUT2D eigenvalue weighted by Crippen LogP contribution is 2.26. The number of halogens is 2. The number of likely N-dealkylation sites (N-methyl/N-ethyl adjacent to an activating group) is 1. The third kappa shape index (κ3) is 4.42. The molecule has 1 heterocycles. The third-order valence-electron chi connectivity index (χ3n) is 4.41. The van der Waals surface area contributed by atoms with E-state index >= 15 is 0 Å². The van der Waals surface area contributed by atoms with Gasteiger partial charge < -0.3 is 10.2 Å². The first-order chi connectivity index (χ1) is 11.4. The first-order valence-corrected chi connectivity index (χ1v) is 7.97. The monoisotopic (exact) mass is 336 g/mol. The maximum Gasteiger partial charge on any atom is 0.233 e. The van der Waals surface area contributed by atoms with Crippen LogP contribution in [0.4, 0.5) is 14.5 Å². The number of hydrogen-bond acceptors (Lipinski definition) is 4. The molecule has 7 heteroatoms. The first-order valence-electron chi connectivity index (χ1n) is 7.97. The number of amides is 1. The van der Waals surface area contributed by atoms with Crippen molar-refractivity contribution in [2.45, 2.75) is 12.8 Å². The lowest BCUT2D eigenvalue weighted by atomic mass is 9.96. The van der Waals surface area contributed by atoms with Crippen molar-refractivity contribution < 1.29 is 13.6 Å². The molecule has 0 saturated carbocycles. The molecule has 0 radical (unpaired) electrons. The molecular weight excluding hydrogens is 314 g/mol. The highest BCUT2D eigenvalue weighted by molar-refractivity contribution is 5.77. The van der Waals surface area contributed by atoms with Crippen LogP contribution in [-0.4, -0.2) is 51.1 Å². The van der Waals surface area contributed by atoms with E-state index in [4.69, 9.17) is 5.26 Å². The summed E-state index contributed by atoms with van der Waals surface area (Å²) in [6.07, 6.45) is 1.75. The summed E-state index contributed by atoms with van der Waals surface area (Å²) in [4.78, 5) is 15.0. The number of rotatable bonds is 5. The summed E-state index contributed by atoms with van der Waals surface area (Å²) >= 11 is 0. The second-order valence-corrected chi connectivity index (χ2v) is 6.17. The van der Waals surface area contributed by atoms with Gasteiger partial charge in [0.1, 0.15) is 5.69 Å². The summed E-state index contributed by atoms with van der Waals surface area (Å²) in [5.41, 5.74) is -0.119. The number of nitriles is 1. The van der Waals surface area contributed by atoms with E-state index in [0.717, 1.165) is 38.1 Å². The molecule has 1 N–H and O–H groups in total. The summed E-state index contributed by atoms with van der Waals surface area (Å²) in [6, 6.07) is 3.86. The van der Waals surface area contributed by atoms with Crippen LogP contribution in [0.1, 0.15) is 18.4 Å². The number of likely N-dealkylation sites (tertiary alicyclic amines) is 1. The van der Waals surface area contributed by atoms with Crippen molar-refractivity contribution in [2.75, 3.05) is 45.2 Å². The number of hydrogen-bond donors (Lipinski definition) is 1. The molecular formula is C17H22F2N4O. The predicted molar refractivity (Wildman–Crippen MR) is 87.6 cm³/mol. The van der Waals surface area contributed by atoms with Crippen molar-refractivity contribution in [2.24, 2.45) is 5.92 Å². The van der Waals surface area contributed by atoms with Crippen molar-refractivity contribution in [1.29, 1.82) is 5.26 Å². The normalized spacial score (nSPS) is 15.8. The minimum absolute atomic E-state index is 0.00714. The van der Waals surface area contributed by atoms with Crippen molar-refractivity contribution in [3.05, 3.63) is 29.3 Å². The molecule has 1 aromatic carbocycles. The Balaban J connectivity index is 1.94. The van der Waals surface area contributed by atoms with Gasteiger partial charge in [0.15, 0.2) is 11.6 Å². The molecule has 0 bridgehead atoms. The zero-order valence-corrected chi connectivity index (χ0v) is 14.0. The molecule has 1 aliphatic rings. The van der Waals surface area contributed by atoms with Crippen molar-refractivity contribution in [3.8, 4) is 6.07 Å². The summed E-state index contributed by atoms with van der Waals surface area (Å²) in [5, 5.41) is 11.4. The van der Waals surface area contributed by atoms with Gasteiger partial charge in [-0.1, -0.05) is 0 Å². The van der Waals surface area contributed by atoms with Crippen LogP contribution >= 0.6 is 0 Å². The second-order valence-electron chi connectivity index (χ2n) is 6.17. The molecule has 130 valence electrons. The fourth-order valence-corrected chi connectivity index (χ4v) is 3.08. The van der Waals surface area contributed by atoms with Crippen LogP contribution in [0.3, 0.4) is 0 Å². The van der Waals surface area contributed by atoms with E-state index in [9.17, 15) is 13.6 Å². The van der Waals surface area contributed by atoms with Gasteiger partial charge in [0, 0.05) is 20.6 Å². The number of piperidine rings is 1. The Hall–Kier alpha value is -2.20. The molecule has 0 atom stereocenters.